The highest BCUT2D eigenvalue weighted by molar-refractivity contribution is 7.99. The maximum absolute atomic E-state index is 11.5. The molecule has 74 valence electrons. The molecule has 1 amide bonds. The van der Waals surface area contributed by atoms with Crippen LogP contribution in [0.25, 0.3) is 0 Å². The monoisotopic (exact) mass is 201 g/mol. The molecule has 1 heterocycles. The molecule has 0 spiro atoms. The summed E-state index contributed by atoms with van der Waals surface area (Å²) in [6, 6.07) is -0.335. The number of hydrogen-bond acceptors (Lipinski definition) is 3. The van der Waals surface area contributed by atoms with Gasteiger partial charge in [0, 0.05) is 11.7 Å². The lowest BCUT2D eigenvalue weighted by atomic mass is 10.1. The normalized spacial score (nSPS) is 24.0. The molecule has 0 radical (unpaired) electrons. The molecular weight excluding hydrogens is 186 g/mol. The van der Waals surface area contributed by atoms with Crippen LogP contribution in [0.5, 0.6) is 0 Å². The summed E-state index contributed by atoms with van der Waals surface area (Å²) in [7, 11) is 0. The molecule has 0 aromatic heterocycles. The summed E-state index contributed by atoms with van der Waals surface area (Å²) in [6.45, 7) is 3.22. The third kappa shape index (κ3) is 3.03. The molecule has 13 heavy (non-hydrogen) atoms. The van der Waals surface area contributed by atoms with Gasteiger partial charge in [0.05, 0.1) is 6.04 Å². The number of rotatable bonds is 3. The zero-order valence-corrected chi connectivity index (χ0v) is 8.82. The lowest BCUT2D eigenvalue weighted by Crippen LogP contribution is -2.40. The van der Waals surface area contributed by atoms with E-state index in [0.717, 1.165) is 17.9 Å². The largest absolute Gasteiger partial charge is 0.346 e. The second-order valence-electron chi connectivity index (χ2n) is 3.40. The van der Waals surface area contributed by atoms with Crippen molar-refractivity contribution in [2.24, 2.45) is 5.92 Å². The number of amides is 1. The Bertz CT molecular complexity index is 212. The molecule has 0 bridgehead atoms. The van der Waals surface area contributed by atoms with Gasteiger partial charge in [-0.05, 0) is 26.0 Å². The highest BCUT2D eigenvalue weighted by Gasteiger charge is 2.24. The number of Topliss-reactive ketones (excluding diaryl/α,β-unsaturated/α-hetero) is 1. The van der Waals surface area contributed by atoms with Crippen LogP contribution in [0, 0.1) is 5.92 Å². The predicted molar refractivity (Wildman–Crippen MR) is 53.7 cm³/mol. The maximum Gasteiger partial charge on any atom is 0.224 e. The molecule has 1 fully saturated rings. The summed E-state index contributed by atoms with van der Waals surface area (Å²) in [4.78, 5) is 22.4. The van der Waals surface area contributed by atoms with Crippen LogP contribution in [0.1, 0.15) is 20.3 Å². The molecule has 1 saturated heterocycles. The molecule has 0 aliphatic carbocycles. The van der Waals surface area contributed by atoms with Crippen LogP contribution >= 0.6 is 11.8 Å². The second kappa shape index (κ2) is 4.65. The van der Waals surface area contributed by atoms with Gasteiger partial charge in [0.1, 0.15) is 0 Å². The topological polar surface area (TPSA) is 46.2 Å². The average molecular weight is 201 g/mol. The van der Waals surface area contributed by atoms with Gasteiger partial charge in [-0.3, -0.25) is 9.59 Å². The van der Waals surface area contributed by atoms with E-state index >= 15 is 0 Å². The Morgan fingerprint density at radius 1 is 1.54 bits per heavy atom. The van der Waals surface area contributed by atoms with Crippen molar-refractivity contribution in [3.63, 3.8) is 0 Å². The van der Waals surface area contributed by atoms with Crippen LogP contribution in [-0.4, -0.2) is 29.2 Å². The summed E-state index contributed by atoms with van der Waals surface area (Å²) in [5.41, 5.74) is 0. The maximum atomic E-state index is 11.5. The number of thioether (sulfide) groups is 1. The third-order valence-corrected chi connectivity index (χ3v) is 3.43. The lowest BCUT2D eigenvalue weighted by molar-refractivity contribution is -0.128. The van der Waals surface area contributed by atoms with Gasteiger partial charge in [0.15, 0.2) is 5.78 Å². The first kappa shape index (κ1) is 10.6. The van der Waals surface area contributed by atoms with Gasteiger partial charge in [-0.15, -0.1) is 0 Å². The lowest BCUT2D eigenvalue weighted by Gasteiger charge is -2.13. The molecule has 4 heteroatoms. The van der Waals surface area contributed by atoms with E-state index in [1.807, 2.05) is 0 Å². The summed E-state index contributed by atoms with van der Waals surface area (Å²) >= 11 is 1.80. The van der Waals surface area contributed by atoms with Gasteiger partial charge in [-0.2, -0.15) is 11.8 Å². The van der Waals surface area contributed by atoms with Crippen molar-refractivity contribution < 1.29 is 9.59 Å². The number of carbonyl (C=O) groups excluding carboxylic acids is 2. The summed E-state index contributed by atoms with van der Waals surface area (Å²) < 4.78 is 0. The Morgan fingerprint density at radius 3 is 2.69 bits per heavy atom. The van der Waals surface area contributed by atoms with E-state index in [-0.39, 0.29) is 23.7 Å². The van der Waals surface area contributed by atoms with Gasteiger partial charge in [-0.25, -0.2) is 0 Å². The van der Waals surface area contributed by atoms with E-state index in [1.165, 1.54) is 6.92 Å². The number of nitrogens with one attached hydrogen (secondary N) is 1. The number of carbonyl (C=O) groups is 2. The van der Waals surface area contributed by atoms with Gasteiger partial charge in [0.25, 0.3) is 0 Å². The first-order valence-corrected chi connectivity index (χ1v) is 5.65. The van der Waals surface area contributed by atoms with Gasteiger partial charge in [0.2, 0.25) is 5.91 Å². The Morgan fingerprint density at radius 2 is 2.23 bits per heavy atom. The third-order valence-electron chi connectivity index (χ3n) is 2.27. The summed E-state index contributed by atoms with van der Waals surface area (Å²) in [6.07, 6.45) is 0.946. The van der Waals surface area contributed by atoms with E-state index < -0.39 is 0 Å². The van der Waals surface area contributed by atoms with Crippen molar-refractivity contribution in [2.75, 3.05) is 11.5 Å². The Hall–Kier alpha value is -0.510. The average Bonchev–Trinajstić information content (AvgIpc) is 2.55. The van der Waals surface area contributed by atoms with Crippen LogP contribution in [0.3, 0.4) is 0 Å². The van der Waals surface area contributed by atoms with Crippen LogP contribution < -0.4 is 5.32 Å². The summed E-state index contributed by atoms with van der Waals surface area (Å²) in [5.74, 6) is 2.13. The standard InChI is InChI=1S/C9H15NO2S/c1-6(7(2)11)10-9(12)8-3-4-13-5-8/h6,8H,3-5H2,1-2H3,(H,10,12). The fourth-order valence-corrected chi connectivity index (χ4v) is 2.39. The Kier molecular flexibility index (Phi) is 3.78. The molecule has 3 nitrogen and oxygen atoms in total. The number of ketones is 1. The van der Waals surface area contributed by atoms with Gasteiger partial charge < -0.3 is 5.32 Å². The quantitative estimate of drug-likeness (QED) is 0.735. The van der Waals surface area contributed by atoms with Crippen LogP contribution in [-0.2, 0) is 9.59 Å². The first-order chi connectivity index (χ1) is 6.11. The van der Waals surface area contributed by atoms with Crippen molar-refractivity contribution in [3.05, 3.63) is 0 Å². The van der Waals surface area contributed by atoms with Crippen molar-refractivity contribution in [1.29, 1.82) is 0 Å². The van der Waals surface area contributed by atoms with Crippen molar-refractivity contribution in [1.82, 2.24) is 5.32 Å². The van der Waals surface area contributed by atoms with Gasteiger partial charge in [-0.1, -0.05) is 0 Å². The Balaban J connectivity index is 2.35. The van der Waals surface area contributed by atoms with E-state index in [4.69, 9.17) is 0 Å². The predicted octanol–water partition coefficient (Wildman–Crippen LogP) is 0.833. The molecular formula is C9H15NO2S. The zero-order chi connectivity index (χ0) is 9.84. The highest BCUT2D eigenvalue weighted by Crippen LogP contribution is 2.23. The second-order valence-corrected chi connectivity index (χ2v) is 4.55. The van der Waals surface area contributed by atoms with E-state index in [9.17, 15) is 9.59 Å². The molecule has 0 aromatic rings. The zero-order valence-electron chi connectivity index (χ0n) is 8.00. The first-order valence-electron chi connectivity index (χ1n) is 4.50. The molecule has 2 atom stereocenters. The van der Waals surface area contributed by atoms with E-state index in [1.54, 1.807) is 18.7 Å². The fourth-order valence-electron chi connectivity index (χ4n) is 1.17. The minimum atomic E-state index is -0.335. The van der Waals surface area contributed by atoms with Crippen LogP contribution in [0.15, 0.2) is 0 Å². The van der Waals surface area contributed by atoms with E-state index in [0.29, 0.717) is 0 Å². The smallest absolute Gasteiger partial charge is 0.224 e. The Labute approximate surface area is 82.6 Å². The summed E-state index contributed by atoms with van der Waals surface area (Å²) in [5, 5.41) is 2.72. The molecule has 0 aromatic carbocycles. The molecule has 1 aliphatic heterocycles. The number of hydrogen-bond donors (Lipinski definition) is 1. The highest BCUT2D eigenvalue weighted by atomic mass is 32.2. The molecule has 2 unspecified atom stereocenters. The van der Waals surface area contributed by atoms with E-state index in [2.05, 4.69) is 5.32 Å². The van der Waals surface area contributed by atoms with Crippen LogP contribution in [0.4, 0.5) is 0 Å². The van der Waals surface area contributed by atoms with Crippen molar-refractivity contribution >= 4 is 23.5 Å². The van der Waals surface area contributed by atoms with Crippen molar-refractivity contribution in [2.45, 2.75) is 26.3 Å². The molecule has 1 N–H and O–H groups in total. The van der Waals surface area contributed by atoms with Crippen molar-refractivity contribution in [3.8, 4) is 0 Å². The molecule has 1 aliphatic rings. The minimum Gasteiger partial charge on any atom is -0.346 e. The van der Waals surface area contributed by atoms with Gasteiger partial charge >= 0.3 is 0 Å². The SMILES string of the molecule is CC(=O)C(C)NC(=O)C1CCSC1. The minimum absolute atomic E-state index is 0.0130. The van der Waals surface area contributed by atoms with Crippen LogP contribution in [0.2, 0.25) is 0 Å². The molecule has 1 rings (SSSR count). The molecule has 0 saturated carbocycles. The fraction of sp³-hybridized carbons (Fsp3) is 0.778.